The van der Waals surface area contributed by atoms with Crippen LogP contribution in [-0.2, 0) is 23.5 Å². The first-order valence-corrected chi connectivity index (χ1v) is 14.7. The second kappa shape index (κ2) is 11.4. The monoisotopic (exact) mass is 509 g/mol. The quantitative estimate of drug-likeness (QED) is 0.274. The molecule has 1 N–H and O–H groups in total. The van der Waals surface area contributed by atoms with Crippen LogP contribution in [0.2, 0.25) is 13.1 Å². The standard InChI is InChI=1S/C24H39N3O7Si/c1-9-11-32-21(30)26-14-16(15-27(26)22(31)33-12-10-2)18(28)13-17-19(20(29)25-17)24(6,23(3,4)5)34-35(7)8/h9-10,16-17,19,35H,1-2,11-15H2,3-8H3,(H,25,29)/t17-,19-,24-/m1/s1. The van der Waals surface area contributed by atoms with Gasteiger partial charge in [0.2, 0.25) is 5.91 Å². The maximum absolute atomic E-state index is 13.3. The lowest BCUT2D eigenvalue weighted by atomic mass is 9.63. The number of amides is 3. The van der Waals surface area contributed by atoms with Gasteiger partial charge < -0.3 is 19.2 Å². The number of β-lactam (4-membered cyclic amide) rings is 1. The van der Waals surface area contributed by atoms with Crippen molar-refractivity contribution < 1.29 is 33.1 Å². The lowest BCUT2D eigenvalue weighted by Gasteiger charge is -2.54. The smallest absolute Gasteiger partial charge is 0.429 e. The molecule has 2 fully saturated rings. The number of carbonyl (C=O) groups excluding carboxylic acids is 4. The molecule has 0 aromatic rings. The normalized spacial score (nSPS) is 22.2. The Labute approximate surface area is 209 Å². The van der Waals surface area contributed by atoms with Crippen LogP contribution in [0.25, 0.3) is 0 Å². The van der Waals surface area contributed by atoms with E-state index in [2.05, 4.69) is 31.6 Å². The summed E-state index contributed by atoms with van der Waals surface area (Å²) >= 11 is 0. The average molecular weight is 510 g/mol. The molecule has 2 aliphatic heterocycles. The summed E-state index contributed by atoms with van der Waals surface area (Å²) in [5.41, 5.74) is -1.07. The minimum atomic E-state index is -1.50. The Kier molecular flexibility index (Phi) is 9.29. The Morgan fingerprint density at radius 1 is 1.03 bits per heavy atom. The molecular weight excluding hydrogens is 470 g/mol. The van der Waals surface area contributed by atoms with Crippen LogP contribution in [-0.4, -0.2) is 80.9 Å². The first-order chi connectivity index (χ1) is 16.3. The number of ether oxygens (including phenoxy) is 2. The Morgan fingerprint density at radius 3 is 1.89 bits per heavy atom. The van der Waals surface area contributed by atoms with Crippen LogP contribution >= 0.6 is 0 Å². The number of nitrogens with zero attached hydrogens (tertiary/aromatic N) is 2. The van der Waals surface area contributed by atoms with Crippen molar-refractivity contribution in [3.8, 4) is 0 Å². The van der Waals surface area contributed by atoms with Gasteiger partial charge in [-0.05, 0) is 25.4 Å². The van der Waals surface area contributed by atoms with Gasteiger partial charge in [-0.25, -0.2) is 19.6 Å². The van der Waals surface area contributed by atoms with Gasteiger partial charge in [0.1, 0.15) is 19.0 Å². The summed E-state index contributed by atoms with van der Waals surface area (Å²) < 4.78 is 16.5. The number of Topliss-reactive ketones (excluding diaryl/α,β-unsaturated/α-hetero) is 1. The fourth-order valence-corrected chi connectivity index (χ4v) is 5.95. The van der Waals surface area contributed by atoms with E-state index in [0.717, 1.165) is 10.0 Å². The molecule has 0 aliphatic carbocycles. The van der Waals surface area contributed by atoms with Crippen LogP contribution in [0.3, 0.4) is 0 Å². The molecule has 196 valence electrons. The zero-order chi connectivity index (χ0) is 26.6. The van der Waals surface area contributed by atoms with Crippen LogP contribution < -0.4 is 5.32 Å². The fraction of sp³-hybridized carbons (Fsp3) is 0.667. The number of hydrogen-bond acceptors (Lipinski definition) is 7. The van der Waals surface area contributed by atoms with E-state index in [4.69, 9.17) is 13.9 Å². The van der Waals surface area contributed by atoms with Crippen LogP contribution in [0.4, 0.5) is 9.59 Å². The van der Waals surface area contributed by atoms with Crippen molar-refractivity contribution in [2.45, 2.75) is 58.9 Å². The van der Waals surface area contributed by atoms with Crippen LogP contribution in [0.5, 0.6) is 0 Å². The zero-order valence-electron chi connectivity index (χ0n) is 21.7. The van der Waals surface area contributed by atoms with Gasteiger partial charge in [0.05, 0.1) is 36.6 Å². The van der Waals surface area contributed by atoms with E-state index in [-0.39, 0.29) is 49.8 Å². The second-order valence-corrected chi connectivity index (χ2v) is 12.7. The van der Waals surface area contributed by atoms with Crippen LogP contribution in [0, 0.1) is 17.3 Å². The number of hydrogen-bond donors (Lipinski definition) is 1. The van der Waals surface area contributed by atoms with E-state index >= 15 is 0 Å². The molecule has 0 radical (unpaired) electrons. The Bertz CT molecular complexity index is 825. The van der Waals surface area contributed by atoms with E-state index in [9.17, 15) is 19.2 Å². The van der Waals surface area contributed by atoms with Crippen molar-refractivity contribution in [1.82, 2.24) is 15.3 Å². The van der Waals surface area contributed by atoms with Gasteiger partial charge >= 0.3 is 12.2 Å². The number of ketones is 1. The largest absolute Gasteiger partial charge is 0.444 e. The Balaban J connectivity index is 2.17. The summed E-state index contributed by atoms with van der Waals surface area (Å²) in [5.74, 6) is -1.43. The highest BCUT2D eigenvalue weighted by molar-refractivity contribution is 6.48. The topological polar surface area (TPSA) is 114 Å². The van der Waals surface area contributed by atoms with Crippen molar-refractivity contribution >= 4 is 32.9 Å². The van der Waals surface area contributed by atoms with Crippen LogP contribution in [0.15, 0.2) is 25.3 Å². The predicted octanol–water partition coefficient (Wildman–Crippen LogP) is 2.66. The van der Waals surface area contributed by atoms with Gasteiger partial charge in [0, 0.05) is 6.42 Å². The molecule has 3 amide bonds. The molecule has 0 spiro atoms. The van der Waals surface area contributed by atoms with Gasteiger partial charge in [0.15, 0.2) is 9.04 Å². The Morgan fingerprint density at radius 2 is 1.51 bits per heavy atom. The second-order valence-electron chi connectivity index (χ2n) is 10.4. The maximum atomic E-state index is 13.3. The van der Waals surface area contributed by atoms with Crippen molar-refractivity contribution in [1.29, 1.82) is 0 Å². The van der Waals surface area contributed by atoms with Gasteiger partial charge in [-0.1, -0.05) is 46.1 Å². The molecule has 3 atom stereocenters. The Hall–Kier alpha value is -2.66. The first kappa shape index (κ1) is 28.6. The van der Waals surface area contributed by atoms with Gasteiger partial charge in [-0.15, -0.1) is 0 Å². The highest BCUT2D eigenvalue weighted by atomic mass is 28.3. The molecule has 0 aromatic heterocycles. The van der Waals surface area contributed by atoms with Gasteiger partial charge in [-0.3, -0.25) is 9.59 Å². The van der Waals surface area contributed by atoms with Gasteiger partial charge in [0.25, 0.3) is 0 Å². The minimum absolute atomic E-state index is 0.0325. The average Bonchev–Trinajstić information content (AvgIpc) is 3.19. The predicted molar refractivity (Wildman–Crippen MR) is 133 cm³/mol. The molecule has 0 saturated carbocycles. The van der Waals surface area contributed by atoms with Crippen molar-refractivity contribution in [3.63, 3.8) is 0 Å². The SMILES string of the molecule is C=CCOC(=O)N1CC(C(=O)C[C@H]2NC(=O)[C@@H]2[C@@](C)(O[SiH](C)C)C(C)(C)C)CN1C(=O)OCC=C. The van der Waals surface area contributed by atoms with Gasteiger partial charge in [-0.2, -0.15) is 0 Å². The third-order valence-electron chi connectivity index (χ3n) is 6.60. The van der Waals surface area contributed by atoms with Crippen molar-refractivity contribution in [2.24, 2.45) is 17.3 Å². The van der Waals surface area contributed by atoms with Crippen LogP contribution in [0.1, 0.15) is 34.1 Å². The highest BCUT2D eigenvalue weighted by Gasteiger charge is 2.57. The molecule has 2 saturated heterocycles. The molecule has 35 heavy (non-hydrogen) atoms. The van der Waals surface area contributed by atoms with E-state index in [1.165, 1.54) is 12.2 Å². The third kappa shape index (κ3) is 6.32. The van der Waals surface area contributed by atoms with E-state index in [0.29, 0.717) is 0 Å². The lowest BCUT2D eigenvalue weighted by molar-refractivity contribution is -0.160. The van der Waals surface area contributed by atoms with Crippen molar-refractivity contribution in [2.75, 3.05) is 26.3 Å². The molecule has 2 heterocycles. The molecule has 0 bridgehead atoms. The third-order valence-corrected chi connectivity index (χ3v) is 7.56. The number of hydrazine groups is 1. The molecular formula is C24H39N3O7Si. The summed E-state index contributed by atoms with van der Waals surface area (Å²) in [5, 5.41) is 5.01. The highest BCUT2D eigenvalue weighted by Crippen LogP contribution is 2.45. The molecule has 0 aromatic carbocycles. The van der Waals surface area contributed by atoms with E-state index in [1.807, 2.05) is 27.7 Å². The maximum Gasteiger partial charge on any atom is 0.429 e. The van der Waals surface area contributed by atoms with E-state index < -0.39 is 44.7 Å². The fourth-order valence-electron chi connectivity index (χ4n) is 4.47. The van der Waals surface area contributed by atoms with Crippen molar-refractivity contribution in [3.05, 3.63) is 25.3 Å². The molecule has 2 rings (SSSR count). The summed E-state index contributed by atoms with van der Waals surface area (Å²) in [4.78, 5) is 50.9. The number of nitrogens with one attached hydrogen (secondary N) is 1. The molecule has 11 heteroatoms. The summed E-state index contributed by atoms with van der Waals surface area (Å²) in [6, 6.07) is -0.394. The summed E-state index contributed by atoms with van der Waals surface area (Å²) in [7, 11) is -1.50. The van der Waals surface area contributed by atoms with E-state index in [1.54, 1.807) is 0 Å². The number of carbonyl (C=O) groups is 4. The first-order valence-electron chi connectivity index (χ1n) is 11.9. The minimum Gasteiger partial charge on any atom is -0.444 e. The summed E-state index contributed by atoms with van der Waals surface area (Å²) in [6.07, 6.45) is 1.33. The molecule has 10 nitrogen and oxygen atoms in total. The molecule has 0 unspecified atom stereocenters. The lowest BCUT2D eigenvalue weighted by Crippen LogP contribution is -2.70. The zero-order valence-corrected chi connectivity index (χ0v) is 22.8. The summed E-state index contributed by atoms with van der Waals surface area (Å²) in [6.45, 7) is 19.0. The number of rotatable bonds is 10. The molecule has 2 aliphatic rings.